The Hall–Kier alpha value is -6.77. The van der Waals surface area contributed by atoms with Gasteiger partial charge in [0.25, 0.3) is 22.7 Å². The first-order valence-electron chi connectivity index (χ1n) is 14.0. The Morgan fingerprint density at radius 2 is 0.837 bits per heavy atom. The van der Waals surface area contributed by atoms with Crippen molar-refractivity contribution < 1.29 is 38.2 Å². The van der Waals surface area contributed by atoms with E-state index in [0.717, 1.165) is 36.4 Å². The summed E-state index contributed by atoms with van der Waals surface area (Å²) in [5.41, 5.74) is -2.39. The number of hydrogen-bond donors (Lipinski definition) is 1. The van der Waals surface area contributed by atoms with Crippen molar-refractivity contribution in [2.45, 2.75) is 0 Å². The minimum Gasteiger partial charge on any atom is -0.394 e. The van der Waals surface area contributed by atoms with Gasteiger partial charge in [0, 0.05) is 46.5 Å². The second-order valence-corrected chi connectivity index (χ2v) is 12.2. The van der Waals surface area contributed by atoms with Crippen LogP contribution in [0.1, 0.15) is 0 Å². The molecule has 0 unspecified atom stereocenters. The largest absolute Gasteiger partial charge is 0.584 e. The lowest BCUT2D eigenvalue weighted by Gasteiger charge is -2.18. The summed E-state index contributed by atoms with van der Waals surface area (Å²) < 4.78 is 25.2. The lowest BCUT2D eigenvalue weighted by atomic mass is 9.86. The third kappa shape index (κ3) is 5.32. The number of nitro groups is 4. The molecule has 7 rings (SSSR count). The zero-order valence-electron chi connectivity index (χ0n) is 24.4. The predicted molar refractivity (Wildman–Crippen MR) is 175 cm³/mol. The van der Waals surface area contributed by atoms with Crippen LogP contribution >= 0.6 is 7.82 Å². The van der Waals surface area contributed by atoms with Gasteiger partial charge in [0.05, 0.1) is 31.8 Å². The number of rotatable bonds is 6. The van der Waals surface area contributed by atoms with E-state index < -0.39 is 50.3 Å². The Morgan fingerprint density at radius 3 is 1.16 bits per heavy atom. The van der Waals surface area contributed by atoms with Crippen LogP contribution in [0.3, 0.4) is 0 Å². The van der Waals surface area contributed by atoms with E-state index in [1.165, 1.54) is 12.1 Å². The third-order valence-electron chi connectivity index (χ3n) is 7.94. The van der Waals surface area contributed by atoms with E-state index in [4.69, 9.17) is 9.05 Å². The maximum absolute atomic E-state index is 13.8. The maximum Gasteiger partial charge on any atom is 0.584 e. The Morgan fingerprint density at radius 1 is 0.510 bits per heavy atom. The Bertz CT molecular complexity index is 2300. The molecule has 1 aliphatic heterocycles. The summed E-state index contributed by atoms with van der Waals surface area (Å²) >= 11 is 0. The van der Waals surface area contributed by atoms with Gasteiger partial charge < -0.3 is 9.05 Å². The van der Waals surface area contributed by atoms with Crippen molar-refractivity contribution in [1.29, 1.82) is 0 Å². The van der Waals surface area contributed by atoms with E-state index in [-0.39, 0.29) is 44.9 Å². The molecule has 0 aromatic heterocycles. The molecule has 17 heteroatoms. The van der Waals surface area contributed by atoms with Crippen LogP contribution in [-0.2, 0) is 4.57 Å². The molecule has 6 aromatic rings. The molecule has 16 nitrogen and oxygen atoms in total. The minimum absolute atomic E-state index is 0.0216. The molecule has 1 aliphatic rings. The lowest BCUT2D eigenvalue weighted by molar-refractivity contribution is -0.394. The van der Waals surface area contributed by atoms with E-state index in [1.54, 1.807) is 48.5 Å². The van der Waals surface area contributed by atoms with Crippen LogP contribution in [0.25, 0.3) is 54.9 Å². The SMILES string of the molecule is O=[N+]([O-])c1cc(-c2cc3ccccc3c3c2OP(=O)(O)Oc2c(-c4cc([N+](=O)[O-])cc([N+](=O)[O-])c4)cc4ccccc4c2-3)cc([N+](=O)[O-])c1. The summed E-state index contributed by atoms with van der Waals surface area (Å²) in [4.78, 5) is 55.1. The molecule has 6 aromatic carbocycles. The van der Waals surface area contributed by atoms with Gasteiger partial charge in [-0.25, -0.2) is 4.57 Å². The standard InChI is InChI=1S/C32H17N4O12P/c37-33(38)21-9-19(10-22(15-21)34(39)40)27-13-17-5-1-3-7-25(17)29-30-26-8-4-2-6-18(26)14-28(32(30)48-49(45,46)47-31(27)29)20-11-23(35(41)42)16-24(12-20)36(43)44/h1-16H,(H,45,46). The highest BCUT2D eigenvalue weighted by atomic mass is 31.2. The molecule has 1 N–H and O–H groups in total. The average molecular weight is 680 g/mol. The zero-order chi connectivity index (χ0) is 34.8. The average Bonchev–Trinajstić information content (AvgIpc) is 3.20. The summed E-state index contributed by atoms with van der Waals surface area (Å²) in [5.74, 6) is -0.601. The Kier molecular flexibility index (Phi) is 7.05. The molecule has 49 heavy (non-hydrogen) atoms. The Balaban J connectivity index is 1.68. The maximum atomic E-state index is 13.8. The quantitative estimate of drug-likeness (QED) is 0.0991. The van der Waals surface area contributed by atoms with Crippen LogP contribution in [-0.4, -0.2) is 24.6 Å². The third-order valence-corrected chi connectivity index (χ3v) is 8.76. The van der Waals surface area contributed by atoms with E-state index in [2.05, 4.69) is 0 Å². The first kappa shape index (κ1) is 30.9. The highest BCUT2D eigenvalue weighted by molar-refractivity contribution is 7.48. The van der Waals surface area contributed by atoms with Gasteiger partial charge in [0.1, 0.15) is 11.5 Å². The van der Waals surface area contributed by atoms with Crippen LogP contribution in [0.15, 0.2) is 97.1 Å². The van der Waals surface area contributed by atoms with Crippen LogP contribution in [0.2, 0.25) is 0 Å². The van der Waals surface area contributed by atoms with Crippen LogP contribution in [0.5, 0.6) is 11.5 Å². The van der Waals surface area contributed by atoms with Gasteiger partial charge in [-0.2, -0.15) is 0 Å². The van der Waals surface area contributed by atoms with Crippen molar-refractivity contribution in [3.05, 3.63) is 138 Å². The van der Waals surface area contributed by atoms with Crippen molar-refractivity contribution in [2.24, 2.45) is 0 Å². The summed E-state index contributed by atoms with van der Waals surface area (Å²) in [6, 6.07) is 22.3. The predicted octanol–water partition coefficient (Wildman–Crippen LogP) is 8.50. The highest BCUT2D eigenvalue weighted by Crippen LogP contribution is 2.61. The number of non-ortho nitro benzene ring substituents is 4. The van der Waals surface area contributed by atoms with Gasteiger partial charge in [-0.05, 0) is 44.8 Å². The monoisotopic (exact) mass is 680 g/mol. The van der Waals surface area contributed by atoms with Gasteiger partial charge in [0.2, 0.25) is 0 Å². The van der Waals surface area contributed by atoms with Crippen molar-refractivity contribution in [3.63, 3.8) is 0 Å². The number of hydrogen-bond acceptors (Lipinski definition) is 11. The fourth-order valence-electron chi connectivity index (χ4n) is 5.94. The number of phosphoric ester groups is 1. The van der Waals surface area contributed by atoms with Gasteiger partial charge >= 0.3 is 7.82 Å². The smallest absolute Gasteiger partial charge is 0.394 e. The molecule has 0 radical (unpaired) electrons. The minimum atomic E-state index is -5.20. The summed E-state index contributed by atoms with van der Waals surface area (Å²) in [5, 5.41) is 49.1. The van der Waals surface area contributed by atoms with Crippen molar-refractivity contribution in [1.82, 2.24) is 0 Å². The van der Waals surface area contributed by atoms with E-state index in [9.17, 15) is 49.9 Å². The summed E-state index contributed by atoms with van der Waals surface area (Å²) in [6.07, 6.45) is 0. The molecule has 0 aliphatic carbocycles. The molecule has 242 valence electrons. The first-order valence-corrected chi connectivity index (χ1v) is 15.5. The number of nitro benzene ring substituents is 4. The molecular weight excluding hydrogens is 663 g/mol. The zero-order valence-corrected chi connectivity index (χ0v) is 25.3. The van der Waals surface area contributed by atoms with E-state index >= 15 is 0 Å². The van der Waals surface area contributed by atoms with Gasteiger partial charge in [-0.1, -0.05) is 48.5 Å². The number of fused-ring (bicyclic) bond motifs is 7. The molecule has 0 saturated carbocycles. The van der Waals surface area contributed by atoms with E-state index in [1.807, 2.05) is 0 Å². The van der Waals surface area contributed by atoms with E-state index in [0.29, 0.717) is 21.5 Å². The number of nitrogens with zero attached hydrogens (tertiary/aromatic N) is 4. The van der Waals surface area contributed by atoms with Crippen molar-refractivity contribution >= 4 is 52.1 Å². The van der Waals surface area contributed by atoms with Crippen molar-refractivity contribution in [2.75, 3.05) is 0 Å². The molecule has 0 spiro atoms. The van der Waals surface area contributed by atoms with Gasteiger partial charge in [-0.3, -0.25) is 45.4 Å². The molecule has 0 bridgehead atoms. The lowest BCUT2D eigenvalue weighted by Crippen LogP contribution is -2.01. The van der Waals surface area contributed by atoms with Gasteiger partial charge in [0.15, 0.2) is 0 Å². The second-order valence-electron chi connectivity index (χ2n) is 10.9. The normalized spacial score (nSPS) is 13.0. The topological polar surface area (TPSA) is 228 Å². The Labute approximate surface area is 272 Å². The second kappa shape index (κ2) is 11.2. The fourth-order valence-corrected chi connectivity index (χ4v) is 6.82. The molecule has 0 amide bonds. The summed E-state index contributed by atoms with van der Waals surface area (Å²) in [7, 11) is -5.20. The number of benzene rings is 6. The fraction of sp³-hybridized carbons (Fsp3) is 0. The van der Waals surface area contributed by atoms with Crippen LogP contribution in [0, 0.1) is 40.5 Å². The molecule has 0 atom stereocenters. The molecule has 0 fully saturated rings. The van der Waals surface area contributed by atoms with Gasteiger partial charge in [-0.15, -0.1) is 0 Å². The first-order chi connectivity index (χ1) is 23.3. The summed E-state index contributed by atoms with van der Waals surface area (Å²) in [6.45, 7) is 0. The van der Waals surface area contributed by atoms with Crippen LogP contribution in [0.4, 0.5) is 22.7 Å². The molecule has 1 heterocycles. The van der Waals surface area contributed by atoms with Crippen molar-refractivity contribution in [3.8, 4) is 44.9 Å². The molecular formula is C32H17N4O12P. The molecule has 0 saturated heterocycles. The highest BCUT2D eigenvalue weighted by Gasteiger charge is 2.38. The van der Waals surface area contributed by atoms with Crippen LogP contribution < -0.4 is 9.05 Å². The number of phosphoric acid groups is 1.